The molecule has 0 saturated heterocycles. The molecule has 3 aromatic rings. The van der Waals surface area contributed by atoms with E-state index in [0.717, 1.165) is 32.7 Å². The predicted molar refractivity (Wildman–Crippen MR) is 86.6 cm³/mol. The molecule has 106 valence electrons. The van der Waals surface area contributed by atoms with Crippen molar-refractivity contribution in [1.82, 2.24) is 15.3 Å². The Labute approximate surface area is 129 Å². The van der Waals surface area contributed by atoms with E-state index in [9.17, 15) is 0 Å². The van der Waals surface area contributed by atoms with Crippen molar-refractivity contribution < 1.29 is 0 Å². The van der Waals surface area contributed by atoms with Gasteiger partial charge in [0.25, 0.3) is 0 Å². The standard InChI is InChI=1S/C17H16ClN3/c1-11-3-4-12(9-14(11)18)17(19-2)13-5-6-15-16(10-13)21-8-7-20-15/h3-10,17,19H,1-2H3. The van der Waals surface area contributed by atoms with Crippen LogP contribution < -0.4 is 5.32 Å². The molecule has 1 heterocycles. The summed E-state index contributed by atoms with van der Waals surface area (Å²) in [7, 11) is 1.94. The van der Waals surface area contributed by atoms with Crippen molar-refractivity contribution in [2.24, 2.45) is 0 Å². The van der Waals surface area contributed by atoms with Gasteiger partial charge in [0.2, 0.25) is 0 Å². The molecule has 0 spiro atoms. The average Bonchev–Trinajstić information content (AvgIpc) is 2.51. The van der Waals surface area contributed by atoms with E-state index in [-0.39, 0.29) is 6.04 Å². The van der Waals surface area contributed by atoms with Crippen LogP contribution in [0.25, 0.3) is 11.0 Å². The van der Waals surface area contributed by atoms with Crippen LogP contribution in [0.5, 0.6) is 0 Å². The van der Waals surface area contributed by atoms with Crippen LogP contribution in [0.3, 0.4) is 0 Å². The fraction of sp³-hybridized carbons (Fsp3) is 0.176. The highest BCUT2D eigenvalue weighted by atomic mass is 35.5. The first-order chi connectivity index (χ1) is 10.2. The first kappa shape index (κ1) is 14.0. The molecule has 3 rings (SSSR count). The van der Waals surface area contributed by atoms with E-state index >= 15 is 0 Å². The zero-order chi connectivity index (χ0) is 14.8. The quantitative estimate of drug-likeness (QED) is 0.797. The predicted octanol–water partition coefficient (Wildman–Crippen LogP) is 3.90. The molecule has 1 atom stereocenters. The molecule has 0 amide bonds. The summed E-state index contributed by atoms with van der Waals surface area (Å²) in [6.07, 6.45) is 3.42. The Hall–Kier alpha value is -1.97. The number of rotatable bonds is 3. The van der Waals surface area contributed by atoms with E-state index in [4.69, 9.17) is 11.6 Å². The highest BCUT2D eigenvalue weighted by Gasteiger charge is 2.13. The van der Waals surface area contributed by atoms with Crippen molar-refractivity contribution in [3.63, 3.8) is 0 Å². The van der Waals surface area contributed by atoms with Crippen molar-refractivity contribution in [1.29, 1.82) is 0 Å². The van der Waals surface area contributed by atoms with Crippen LogP contribution in [-0.2, 0) is 0 Å². The summed E-state index contributed by atoms with van der Waals surface area (Å²) in [4.78, 5) is 8.67. The highest BCUT2D eigenvalue weighted by Crippen LogP contribution is 2.27. The molecule has 0 aliphatic rings. The van der Waals surface area contributed by atoms with Crippen LogP contribution >= 0.6 is 11.6 Å². The zero-order valence-electron chi connectivity index (χ0n) is 12.0. The van der Waals surface area contributed by atoms with Crippen LogP contribution in [0.1, 0.15) is 22.7 Å². The zero-order valence-corrected chi connectivity index (χ0v) is 12.7. The van der Waals surface area contributed by atoms with Crippen LogP contribution in [-0.4, -0.2) is 17.0 Å². The first-order valence-corrected chi connectivity index (χ1v) is 7.21. The first-order valence-electron chi connectivity index (χ1n) is 6.83. The second-order valence-electron chi connectivity index (χ2n) is 5.03. The maximum Gasteiger partial charge on any atom is 0.0890 e. The van der Waals surface area contributed by atoms with Gasteiger partial charge in [-0.05, 0) is 48.9 Å². The minimum atomic E-state index is 0.0782. The van der Waals surface area contributed by atoms with Crippen LogP contribution in [0.2, 0.25) is 5.02 Å². The van der Waals surface area contributed by atoms with Crippen LogP contribution in [0.4, 0.5) is 0 Å². The molecule has 2 aromatic carbocycles. The summed E-state index contributed by atoms with van der Waals surface area (Å²) in [5, 5.41) is 4.12. The maximum absolute atomic E-state index is 6.25. The summed E-state index contributed by atoms with van der Waals surface area (Å²) < 4.78 is 0. The molecule has 0 saturated carbocycles. The molecule has 21 heavy (non-hydrogen) atoms. The van der Waals surface area contributed by atoms with E-state index in [0.29, 0.717) is 0 Å². The number of nitrogens with one attached hydrogen (secondary N) is 1. The van der Waals surface area contributed by atoms with Gasteiger partial charge in [0.15, 0.2) is 0 Å². The summed E-state index contributed by atoms with van der Waals surface area (Å²) >= 11 is 6.25. The number of hydrogen-bond donors (Lipinski definition) is 1. The molecule has 0 aliphatic heterocycles. The van der Waals surface area contributed by atoms with Crippen molar-refractivity contribution in [3.05, 3.63) is 70.5 Å². The fourth-order valence-electron chi connectivity index (χ4n) is 2.47. The SMILES string of the molecule is CNC(c1ccc(C)c(Cl)c1)c1ccc2nccnc2c1. The van der Waals surface area contributed by atoms with E-state index in [1.54, 1.807) is 12.4 Å². The van der Waals surface area contributed by atoms with E-state index in [1.807, 2.05) is 32.2 Å². The Morgan fingerprint density at radius 1 is 0.952 bits per heavy atom. The van der Waals surface area contributed by atoms with Gasteiger partial charge in [-0.3, -0.25) is 9.97 Å². The van der Waals surface area contributed by atoms with Gasteiger partial charge in [0, 0.05) is 17.4 Å². The Morgan fingerprint density at radius 3 is 2.33 bits per heavy atom. The lowest BCUT2D eigenvalue weighted by molar-refractivity contribution is 0.692. The third kappa shape index (κ3) is 2.75. The second-order valence-corrected chi connectivity index (χ2v) is 5.44. The summed E-state index contributed by atoms with van der Waals surface area (Å²) in [5.74, 6) is 0. The van der Waals surface area contributed by atoms with Gasteiger partial charge in [0.1, 0.15) is 0 Å². The molecular weight excluding hydrogens is 282 g/mol. The summed E-state index contributed by atoms with van der Waals surface area (Å²) in [6, 6.07) is 12.4. The van der Waals surface area contributed by atoms with Crippen molar-refractivity contribution in [2.45, 2.75) is 13.0 Å². The van der Waals surface area contributed by atoms with Crippen molar-refractivity contribution in [2.75, 3.05) is 7.05 Å². The van der Waals surface area contributed by atoms with Gasteiger partial charge in [-0.1, -0.05) is 29.8 Å². The lowest BCUT2D eigenvalue weighted by Crippen LogP contribution is -2.17. The summed E-state index contributed by atoms with van der Waals surface area (Å²) in [6.45, 7) is 2.01. The largest absolute Gasteiger partial charge is 0.309 e. The number of hydrogen-bond acceptors (Lipinski definition) is 3. The minimum Gasteiger partial charge on any atom is -0.309 e. The molecule has 0 radical (unpaired) electrons. The topological polar surface area (TPSA) is 37.8 Å². The lowest BCUT2D eigenvalue weighted by Gasteiger charge is -2.18. The van der Waals surface area contributed by atoms with Gasteiger partial charge in [-0.25, -0.2) is 0 Å². The third-order valence-electron chi connectivity index (χ3n) is 3.64. The monoisotopic (exact) mass is 297 g/mol. The third-order valence-corrected chi connectivity index (χ3v) is 4.05. The van der Waals surface area contributed by atoms with Gasteiger partial charge in [-0.2, -0.15) is 0 Å². The van der Waals surface area contributed by atoms with E-state index in [1.165, 1.54) is 0 Å². The maximum atomic E-state index is 6.25. The number of halogens is 1. The number of nitrogens with zero attached hydrogens (tertiary/aromatic N) is 2. The molecule has 0 aliphatic carbocycles. The molecule has 0 bridgehead atoms. The number of fused-ring (bicyclic) bond motifs is 1. The van der Waals surface area contributed by atoms with E-state index < -0.39 is 0 Å². The second kappa shape index (κ2) is 5.80. The molecule has 1 aromatic heterocycles. The molecule has 4 heteroatoms. The number of aryl methyl sites for hydroxylation is 1. The molecule has 1 N–H and O–H groups in total. The molecule has 0 fully saturated rings. The van der Waals surface area contributed by atoms with Crippen molar-refractivity contribution in [3.8, 4) is 0 Å². The van der Waals surface area contributed by atoms with Gasteiger partial charge in [0.05, 0.1) is 17.1 Å². The van der Waals surface area contributed by atoms with Crippen molar-refractivity contribution >= 4 is 22.6 Å². The molecule has 1 unspecified atom stereocenters. The minimum absolute atomic E-state index is 0.0782. The van der Waals surface area contributed by atoms with Gasteiger partial charge in [-0.15, -0.1) is 0 Å². The average molecular weight is 298 g/mol. The van der Waals surface area contributed by atoms with Crippen LogP contribution in [0.15, 0.2) is 48.8 Å². The fourth-order valence-corrected chi connectivity index (χ4v) is 2.66. The highest BCUT2D eigenvalue weighted by molar-refractivity contribution is 6.31. The Kier molecular flexibility index (Phi) is 3.86. The van der Waals surface area contributed by atoms with E-state index in [2.05, 4.69) is 33.5 Å². The van der Waals surface area contributed by atoms with Crippen LogP contribution in [0, 0.1) is 6.92 Å². The molecule has 3 nitrogen and oxygen atoms in total. The number of aromatic nitrogens is 2. The summed E-state index contributed by atoms with van der Waals surface area (Å²) in [5.41, 5.74) is 5.16. The van der Waals surface area contributed by atoms with Gasteiger partial charge < -0.3 is 5.32 Å². The molecular formula is C17H16ClN3. The Bertz CT molecular complexity index is 786. The van der Waals surface area contributed by atoms with Gasteiger partial charge >= 0.3 is 0 Å². The Morgan fingerprint density at radius 2 is 1.62 bits per heavy atom. The normalized spacial score (nSPS) is 12.5. The lowest BCUT2D eigenvalue weighted by atomic mass is 9.97. The smallest absolute Gasteiger partial charge is 0.0890 e. The Balaban J connectivity index is 2.06. The number of benzene rings is 2.